The minimum Gasteiger partial charge on any atom is -0.397 e. The van der Waals surface area contributed by atoms with Gasteiger partial charge in [-0.05, 0) is 19.9 Å². The summed E-state index contributed by atoms with van der Waals surface area (Å²) in [7, 11) is 0. The summed E-state index contributed by atoms with van der Waals surface area (Å²) in [6.07, 6.45) is 1.74. The van der Waals surface area contributed by atoms with Gasteiger partial charge in [0.05, 0.1) is 5.69 Å². The van der Waals surface area contributed by atoms with Gasteiger partial charge < -0.3 is 5.73 Å². The van der Waals surface area contributed by atoms with Crippen molar-refractivity contribution in [3.05, 3.63) is 12.3 Å². The number of fused-ring (bicyclic) bond motifs is 1. The zero-order valence-electron chi connectivity index (χ0n) is 7.53. The predicted molar refractivity (Wildman–Crippen MR) is 62.4 cm³/mol. The Morgan fingerprint density at radius 2 is 2.31 bits per heavy atom. The lowest BCUT2D eigenvalue weighted by atomic mass is 10.3. The molecule has 2 heterocycles. The van der Waals surface area contributed by atoms with Gasteiger partial charge in [0.2, 0.25) is 0 Å². The average molecular weight is 290 g/mol. The maximum atomic E-state index is 5.79. The van der Waals surface area contributed by atoms with E-state index in [2.05, 4.69) is 25.1 Å². The Balaban J connectivity index is 2.49. The van der Waals surface area contributed by atoms with Crippen LogP contribution in [0.3, 0.4) is 0 Å². The number of hydrogen-bond donors (Lipinski definition) is 1. The number of halogens is 1. The second kappa shape index (κ2) is 3.21. The minimum absolute atomic E-state index is 0.295. The molecule has 0 saturated carbocycles. The summed E-state index contributed by atoms with van der Waals surface area (Å²) in [5, 5.41) is 0. The first-order valence-electron chi connectivity index (χ1n) is 4.09. The Bertz CT molecular complexity index is 361. The lowest BCUT2D eigenvalue weighted by Crippen LogP contribution is -2.19. The topological polar surface area (TPSA) is 54.5 Å². The quantitative estimate of drug-likeness (QED) is 0.639. The van der Waals surface area contributed by atoms with Crippen LogP contribution in [0.1, 0.15) is 13.8 Å². The summed E-state index contributed by atoms with van der Waals surface area (Å²) in [6.45, 7) is 4.30. The smallest absolute Gasteiger partial charge is 0.166 e. The maximum absolute atomic E-state index is 5.79. The Labute approximate surface area is 87.7 Å². The van der Waals surface area contributed by atoms with Gasteiger partial charge in [0.25, 0.3) is 0 Å². The van der Waals surface area contributed by atoms with Crippen LogP contribution in [-0.2, 0) is 0 Å². The molecule has 0 unspecified atom stereocenters. The molecule has 4 nitrogen and oxygen atoms in total. The van der Waals surface area contributed by atoms with Gasteiger partial charge >= 0.3 is 0 Å². The van der Waals surface area contributed by atoms with Crippen molar-refractivity contribution >= 4 is 38.5 Å². The summed E-state index contributed by atoms with van der Waals surface area (Å²) < 4.78 is 6.69. The zero-order chi connectivity index (χ0) is 9.42. The highest BCUT2D eigenvalue weighted by Gasteiger charge is 2.21. The van der Waals surface area contributed by atoms with E-state index in [-0.39, 0.29) is 21.3 Å². The van der Waals surface area contributed by atoms with Gasteiger partial charge in [-0.1, -0.05) is 0 Å². The van der Waals surface area contributed by atoms with Crippen molar-refractivity contribution in [2.45, 2.75) is 19.9 Å². The van der Waals surface area contributed by atoms with Crippen molar-refractivity contribution < 1.29 is 0 Å². The summed E-state index contributed by atoms with van der Waals surface area (Å²) >= 11 is -0.295. The van der Waals surface area contributed by atoms with Crippen LogP contribution < -0.4 is 8.85 Å². The van der Waals surface area contributed by atoms with Crippen LogP contribution in [0, 0.1) is 0 Å². The van der Waals surface area contributed by atoms with Crippen molar-refractivity contribution in [1.82, 2.24) is 4.98 Å². The molecule has 0 fully saturated rings. The fourth-order valence-corrected chi connectivity index (χ4v) is 3.14. The molecule has 1 aliphatic heterocycles. The first-order chi connectivity index (χ1) is 6.20. The SMILES string of the molecule is CC(C)N1I=Nc2c(N)ccnc21. The molecule has 1 aromatic heterocycles. The molecule has 0 amide bonds. The average Bonchev–Trinajstić information content (AvgIpc) is 2.48. The van der Waals surface area contributed by atoms with Crippen LogP contribution in [0.25, 0.3) is 0 Å². The molecule has 70 valence electrons. The zero-order valence-corrected chi connectivity index (χ0v) is 9.69. The Morgan fingerprint density at radius 1 is 1.54 bits per heavy atom. The monoisotopic (exact) mass is 290 g/mol. The molecule has 0 bridgehead atoms. The molecule has 1 aromatic rings. The van der Waals surface area contributed by atoms with E-state index in [1.54, 1.807) is 12.3 Å². The molecule has 0 saturated heterocycles. The summed E-state index contributed by atoms with van der Waals surface area (Å²) in [4.78, 5) is 4.30. The van der Waals surface area contributed by atoms with Gasteiger partial charge in [-0.15, -0.1) is 0 Å². The molecular weight excluding hydrogens is 279 g/mol. The van der Waals surface area contributed by atoms with Gasteiger partial charge in [0.15, 0.2) is 5.82 Å². The van der Waals surface area contributed by atoms with Crippen LogP contribution >= 0.6 is 21.3 Å². The Hall–Kier alpha value is -0.720. The lowest BCUT2D eigenvalue weighted by Gasteiger charge is -2.17. The number of nitrogens with zero attached hydrogens (tertiary/aromatic N) is 3. The van der Waals surface area contributed by atoms with Crippen molar-refractivity contribution in [2.24, 2.45) is 3.15 Å². The second-order valence-electron chi connectivity index (χ2n) is 3.14. The van der Waals surface area contributed by atoms with E-state index in [9.17, 15) is 0 Å². The van der Waals surface area contributed by atoms with Crippen molar-refractivity contribution in [1.29, 1.82) is 0 Å². The van der Waals surface area contributed by atoms with E-state index >= 15 is 0 Å². The van der Waals surface area contributed by atoms with Crippen molar-refractivity contribution in [3.8, 4) is 0 Å². The molecule has 0 aromatic carbocycles. The van der Waals surface area contributed by atoms with Crippen molar-refractivity contribution in [2.75, 3.05) is 8.85 Å². The van der Waals surface area contributed by atoms with E-state index < -0.39 is 0 Å². The van der Waals surface area contributed by atoms with Crippen LogP contribution in [0.2, 0.25) is 0 Å². The molecule has 1 aliphatic rings. The van der Waals surface area contributed by atoms with Gasteiger partial charge in [-0.25, -0.2) is 4.98 Å². The lowest BCUT2D eigenvalue weighted by molar-refractivity contribution is 0.846. The number of aromatic nitrogens is 1. The number of nitrogen functional groups attached to an aromatic ring is 1. The van der Waals surface area contributed by atoms with Gasteiger partial charge in [0.1, 0.15) is 27.0 Å². The standard InChI is InChI=1S/C8H11IN4/c1-5(2)13-8-7(12-9-13)6(10)3-4-11-8/h3-5H,1-2H3,(H2,10,11). The number of anilines is 2. The molecule has 13 heavy (non-hydrogen) atoms. The minimum atomic E-state index is -0.295. The van der Waals surface area contributed by atoms with Gasteiger partial charge in [0, 0.05) is 12.2 Å². The molecular formula is C8H11IN4. The Kier molecular flexibility index (Phi) is 2.19. The van der Waals surface area contributed by atoms with E-state index in [0.717, 1.165) is 17.2 Å². The molecule has 0 atom stereocenters. The molecule has 2 rings (SSSR count). The van der Waals surface area contributed by atoms with E-state index in [1.165, 1.54) is 0 Å². The highest BCUT2D eigenvalue weighted by molar-refractivity contribution is 14.2. The second-order valence-corrected chi connectivity index (χ2v) is 5.09. The largest absolute Gasteiger partial charge is 0.397 e. The maximum Gasteiger partial charge on any atom is 0.166 e. The highest BCUT2D eigenvalue weighted by Crippen LogP contribution is 2.44. The molecule has 0 spiro atoms. The third-order valence-electron chi connectivity index (χ3n) is 1.80. The summed E-state index contributed by atoms with van der Waals surface area (Å²) in [5.74, 6) is 0.961. The molecule has 5 heteroatoms. The van der Waals surface area contributed by atoms with Crippen LogP contribution in [0.4, 0.5) is 17.2 Å². The van der Waals surface area contributed by atoms with Crippen LogP contribution in [-0.4, -0.2) is 11.0 Å². The summed E-state index contributed by atoms with van der Waals surface area (Å²) in [5.41, 5.74) is 7.43. The van der Waals surface area contributed by atoms with E-state index in [4.69, 9.17) is 5.73 Å². The Morgan fingerprint density at radius 3 is 3.00 bits per heavy atom. The third-order valence-corrected chi connectivity index (χ3v) is 4.53. The fraction of sp³-hybridized carbons (Fsp3) is 0.375. The normalized spacial score (nSPS) is 14.5. The first-order valence-corrected chi connectivity index (χ1v) is 6.02. The van der Waals surface area contributed by atoms with Crippen LogP contribution in [0.5, 0.6) is 0 Å². The molecule has 0 aliphatic carbocycles. The first kappa shape index (κ1) is 8.86. The number of nitrogens with two attached hydrogens (primary N) is 1. The van der Waals surface area contributed by atoms with Crippen molar-refractivity contribution in [3.63, 3.8) is 0 Å². The molecule has 2 N–H and O–H groups in total. The fourth-order valence-electron chi connectivity index (χ4n) is 1.15. The van der Waals surface area contributed by atoms with Gasteiger partial charge in [-0.3, -0.25) is 3.11 Å². The number of hydrogen-bond acceptors (Lipinski definition) is 4. The third kappa shape index (κ3) is 1.41. The number of rotatable bonds is 1. The highest BCUT2D eigenvalue weighted by atomic mass is 127. The van der Waals surface area contributed by atoms with E-state index in [0.29, 0.717) is 6.04 Å². The van der Waals surface area contributed by atoms with E-state index in [1.807, 2.05) is 0 Å². The van der Waals surface area contributed by atoms with Crippen LogP contribution in [0.15, 0.2) is 15.4 Å². The molecule has 0 radical (unpaired) electrons. The summed E-state index contributed by atoms with van der Waals surface area (Å²) in [6, 6.07) is 2.27. The van der Waals surface area contributed by atoms with Gasteiger partial charge in [-0.2, -0.15) is 3.15 Å². The number of pyridine rings is 1. The predicted octanol–water partition coefficient (Wildman–Crippen LogP) is 2.59.